The van der Waals surface area contributed by atoms with Crippen LogP contribution in [-0.4, -0.2) is 57.9 Å². The van der Waals surface area contributed by atoms with Gasteiger partial charge in [0.15, 0.2) is 0 Å². The molecule has 1 aromatic carbocycles. The van der Waals surface area contributed by atoms with Gasteiger partial charge in [-0.05, 0) is 24.6 Å². The standard InChI is InChI=1S/C19H24N6O2/c1-23-17-4-3-15(18(26)21-5-2-7-24-8-6-20-14-24)13-16(17)22-19(23)25-9-11-27-12-10-25/h3-4,6,8,13-14H,2,5,7,9-12H2,1H3,(H,21,26). The number of carbonyl (C=O) groups excluding carboxylic acids is 1. The molecule has 0 spiro atoms. The predicted molar refractivity (Wildman–Crippen MR) is 103 cm³/mol. The van der Waals surface area contributed by atoms with Gasteiger partial charge in [0.2, 0.25) is 5.95 Å². The molecule has 8 heteroatoms. The third kappa shape index (κ3) is 3.80. The van der Waals surface area contributed by atoms with Crippen LogP contribution in [0.4, 0.5) is 5.95 Å². The summed E-state index contributed by atoms with van der Waals surface area (Å²) >= 11 is 0. The Morgan fingerprint density at radius 3 is 2.93 bits per heavy atom. The van der Waals surface area contributed by atoms with E-state index in [1.54, 1.807) is 12.5 Å². The highest BCUT2D eigenvalue weighted by atomic mass is 16.5. The lowest BCUT2D eigenvalue weighted by atomic mass is 10.2. The van der Waals surface area contributed by atoms with Gasteiger partial charge in [-0.15, -0.1) is 0 Å². The molecule has 3 heterocycles. The number of fused-ring (bicyclic) bond motifs is 1. The smallest absolute Gasteiger partial charge is 0.251 e. The average molecular weight is 368 g/mol. The number of aryl methyl sites for hydroxylation is 2. The van der Waals surface area contributed by atoms with Crippen LogP contribution in [0.25, 0.3) is 11.0 Å². The summed E-state index contributed by atoms with van der Waals surface area (Å²) in [4.78, 5) is 23.4. The number of imidazole rings is 2. The molecule has 0 saturated carbocycles. The van der Waals surface area contributed by atoms with Crippen molar-refractivity contribution in [2.24, 2.45) is 7.05 Å². The number of benzene rings is 1. The van der Waals surface area contributed by atoms with Crippen molar-refractivity contribution in [2.45, 2.75) is 13.0 Å². The number of anilines is 1. The Balaban J connectivity index is 1.42. The second-order valence-corrected chi connectivity index (χ2v) is 6.68. The largest absolute Gasteiger partial charge is 0.378 e. The van der Waals surface area contributed by atoms with Crippen LogP contribution in [0.5, 0.6) is 0 Å². The molecule has 1 aliphatic heterocycles. The van der Waals surface area contributed by atoms with Gasteiger partial charge in [0.25, 0.3) is 5.91 Å². The van der Waals surface area contributed by atoms with Crippen molar-refractivity contribution in [1.29, 1.82) is 0 Å². The van der Waals surface area contributed by atoms with E-state index in [0.29, 0.717) is 12.1 Å². The van der Waals surface area contributed by atoms with Crippen LogP contribution in [0, 0.1) is 0 Å². The Kier molecular flexibility index (Phi) is 5.06. The van der Waals surface area contributed by atoms with Crippen molar-refractivity contribution in [1.82, 2.24) is 24.4 Å². The van der Waals surface area contributed by atoms with E-state index in [2.05, 4.69) is 19.8 Å². The molecular formula is C19H24N6O2. The summed E-state index contributed by atoms with van der Waals surface area (Å²) in [5.74, 6) is 0.854. The van der Waals surface area contributed by atoms with Crippen LogP contribution in [0.2, 0.25) is 0 Å². The van der Waals surface area contributed by atoms with E-state index in [4.69, 9.17) is 9.72 Å². The molecule has 0 atom stereocenters. The number of morpholine rings is 1. The number of aromatic nitrogens is 4. The molecule has 1 N–H and O–H groups in total. The molecule has 0 bridgehead atoms. The summed E-state index contributed by atoms with van der Waals surface area (Å²) in [6.45, 7) is 4.56. The SMILES string of the molecule is Cn1c(N2CCOCC2)nc2cc(C(=O)NCCCn3ccnc3)ccc21. The molecule has 1 amide bonds. The zero-order valence-electron chi connectivity index (χ0n) is 15.5. The second kappa shape index (κ2) is 7.79. The first-order valence-electron chi connectivity index (χ1n) is 9.25. The monoisotopic (exact) mass is 368 g/mol. The van der Waals surface area contributed by atoms with E-state index >= 15 is 0 Å². The molecule has 2 aromatic heterocycles. The van der Waals surface area contributed by atoms with E-state index in [-0.39, 0.29) is 5.91 Å². The lowest BCUT2D eigenvalue weighted by Crippen LogP contribution is -2.37. The van der Waals surface area contributed by atoms with Gasteiger partial charge >= 0.3 is 0 Å². The minimum Gasteiger partial charge on any atom is -0.378 e. The lowest BCUT2D eigenvalue weighted by Gasteiger charge is -2.27. The number of carbonyl (C=O) groups is 1. The molecule has 8 nitrogen and oxygen atoms in total. The highest BCUT2D eigenvalue weighted by molar-refractivity contribution is 5.97. The molecular weight excluding hydrogens is 344 g/mol. The maximum absolute atomic E-state index is 12.5. The van der Waals surface area contributed by atoms with Crippen molar-refractivity contribution < 1.29 is 9.53 Å². The summed E-state index contributed by atoms with van der Waals surface area (Å²) in [5.41, 5.74) is 2.50. The molecule has 1 saturated heterocycles. The molecule has 0 aliphatic carbocycles. The highest BCUT2D eigenvalue weighted by Gasteiger charge is 2.18. The van der Waals surface area contributed by atoms with Crippen LogP contribution < -0.4 is 10.2 Å². The lowest BCUT2D eigenvalue weighted by molar-refractivity contribution is 0.0953. The van der Waals surface area contributed by atoms with Crippen molar-refractivity contribution >= 4 is 22.9 Å². The summed E-state index contributed by atoms with van der Waals surface area (Å²) < 4.78 is 9.50. The number of hydrogen-bond acceptors (Lipinski definition) is 5. The third-order valence-electron chi connectivity index (χ3n) is 4.85. The first kappa shape index (κ1) is 17.5. The number of nitrogens with one attached hydrogen (secondary N) is 1. The summed E-state index contributed by atoms with van der Waals surface area (Å²) in [6, 6.07) is 5.69. The number of nitrogens with zero attached hydrogens (tertiary/aromatic N) is 5. The minimum absolute atomic E-state index is 0.0684. The Labute approximate surface area is 157 Å². The fraction of sp³-hybridized carbons (Fsp3) is 0.421. The topological polar surface area (TPSA) is 77.2 Å². The van der Waals surface area contributed by atoms with Crippen molar-refractivity contribution in [3.8, 4) is 0 Å². The zero-order valence-corrected chi connectivity index (χ0v) is 15.5. The molecule has 142 valence electrons. The predicted octanol–water partition coefficient (Wildman–Crippen LogP) is 1.43. The first-order chi connectivity index (χ1) is 13.2. The molecule has 1 fully saturated rings. The summed E-state index contributed by atoms with van der Waals surface area (Å²) in [7, 11) is 2.01. The average Bonchev–Trinajstić information content (AvgIpc) is 3.33. The maximum atomic E-state index is 12.5. The van der Waals surface area contributed by atoms with E-state index in [1.807, 2.05) is 36.0 Å². The van der Waals surface area contributed by atoms with Gasteiger partial charge in [-0.3, -0.25) is 4.79 Å². The fourth-order valence-electron chi connectivity index (χ4n) is 3.36. The van der Waals surface area contributed by atoms with Gasteiger partial charge in [-0.25, -0.2) is 9.97 Å². The summed E-state index contributed by atoms with van der Waals surface area (Å²) in [5, 5.41) is 2.98. The van der Waals surface area contributed by atoms with Crippen molar-refractivity contribution in [3.63, 3.8) is 0 Å². The minimum atomic E-state index is -0.0684. The second-order valence-electron chi connectivity index (χ2n) is 6.68. The maximum Gasteiger partial charge on any atom is 0.251 e. The molecule has 27 heavy (non-hydrogen) atoms. The van der Waals surface area contributed by atoms with Crippen LogP contribution in [0.3, 0.4) is 0 Å². The molecule has 3 aromatic rings. The number of rotatable bonds is 6. The third-order valence-corrected chi connectivity index (χ3v) is 4.85. The Morgan fingerprint density at radius 2 is 2.15 bits per heavy atom. The quantitative estimate of drug-likeness (QED) is 0.666. The Morgan fingerprint density at radius 1 is 1.30 bits per heavy atom. The van der Waals surface area contributed by atoms with Crippen molar-refractivity contribution in [3.05, 3.63) is 42.5 Å². The molecule has 1 aliphatic rings. The van der Waals surface area contributed by atoms with Gasteiger partial charge in [-0.1, -0.05) is 0 Å². The molecule has 0 radical (unpaired) electrons. The van der Waals surface area contributed by atoms with Crippen LogP contribution in [0.15, 0.2) is 36.9 Å². The highest BCUT2D eigenvalue weighted by Crippen LogP contribution is 2.23. The first-order valence-corrected chi connectivity index (χ1v) is 9.25. The summed E-state index contributed by atoms with van der Waals surface area (Å²) in [6.07, 6.45) is 6.31. The molecule has 4 rings (SSSR count). The van der Waals surface area contributed by atoms with E-state index in [0.717, 1.165) is 56.3 Å². The fourth-order valence-corrected chi connectivity index (χ4v) is 3.36. The van der Waals surface area contributed by atoms with Gasteiger partial charge < -0.3 is 24.1 Å². The van der Waals surface area contributed by atoms with E-state index in [1.165, 1.54) is 0 Å². The number of hydrogen-bond donors (Lipinski definition) is 1. The van der Waals surface area contributed by atoms with Gasteiger partial charge in [0.1, 0.15) is 0 Å². The van der Waals surface area contributed by atoms with Crippen molar-refractivity contribution in [2.75, 3.05) is 37.7 Å². The zero-order chi connectivity index (χ0) is 18.6. The van der Waals surface area contributed by atoms with Crippen LogP contribution in [-0.2, 0) is 18.3 Å². The van der Waals surface area contributed by atoms with Crippen LogP contribution >= 0.6 is 0 Å². The molecule has 0 unspecified atom stereocenters. The Hall–Kier alpha value is -2.87. The Bertz CT molecular complexity index is 912. The number of ether oxygens (including phenoxy) is 1. The van der Waals surface area contributed by atoms with Crippen LogP contribution in [0.1, 0.15) is 16.8 Å². The number of amides is 1. The van der Waals surface area contributed by atoms with E-state index < -0.39 is 0 Å². The van der Waals surface area contributed by atoms with Gasteiger partial charge in [-0.2, -0.15) is 0 Å². The van der Waals surface area contributed by atoms with Gasteiger partial charge in [0, 0.05) is 51.2 Å². The van der Waals surface area contributed by atoms with E-state index in [9.17, 15) is 4.79 Å². The normalized spacial score (nSPS) is 14.6. The van der Waals surface area contributed by atoms with Gasteiger partial charge in [0.05, 0.1) is 30.6 Å².